The van der Waals surface area contributed by atoms with Gasteiger partial charge in [-0.3, -0.25) is 14.4 Å². The van der Waals surface area contributed by atoms with Crippen LogP contribution >= 0.6 is 0 Å². The molecule has 1 unspecified atom stereocenters. The fourth-order valence-corrected chi connectivity index (χ4v) is 7.00. The van der Waals surface area contributed by atoms with Gasteiger partial charge in [0.25, 0.3) is 0 Å². The molecule has 5 rings (SSSR count). The second-order valence-electron chi connectivity index (χ2n) is 13.6. The molecule has 0 aromatic heterocycles. The Bertz CT molecular complexity index is 1480. The van der Waals surface area contributed by atoms with Gasteiger partial charge < -0.3 is 30.1 Å². The minimum absolute atomic E-state index is 0.112. The molecule has 3 aromatic rings. The average molecular weight is 668 g/mol. The number of hydrogen-bond donors (Lipinski definition) is 2. The predicted molar refractivity (Wildman–Crippen MR) is 194 cm³/mol. The van der Waals surface area contributed by atoms with Gasteiger partial charge >= 0.3 is 0 Å². The van der Waals surface area contributed by atoms with Gasteiger partial charge in [-0.05, 0) is 74.5 Å². The molecule has 2 N–H and O–H groups in total. The summed E-state index contributed by atoms with van der Waals surface area (Å²) in [5.74, 6) is -0.741. The first kappa shape index (κ1) is 36.2. The first-order chi connectivity index (χ1) is 23.8. The highest BCUT2D eigenvalue weighted by Crippen LogP contribution is 2.22. The quantitative estimate of drug-likeness (QED) is 0.239. The Kier molecular flexibility index (Phi) is 13.4. The molecule has 0 saturated carbocycles. The maximum atomic E-state index is 14.5. The highest BCUT2D eigenvalue weighted by atomic mass is 16.5. The molecular formula is C40H53N5O4. The summed E-state index contributed by atoms with van der Waals surface area (Å²) in [5.41, 5.74) is 4.07. The summed E-state index contributed by atoms with van der Waals surface area (Å²) in [6.45, 7) is 2.93. The molecule has 0 bridgehead atoms. The molecule has 3 aromatic carbocycles. The Morgan fingerprint density at radius 3 is 2.14 bits per heavy atom. The van der Waals surface area contributed by atoms with Crippen molar-refractivity contribution in [2.24, 2.45) is 0 Å². The maximum Gasteiger partial charge on any atom is 0.249 e. The standard InChI is InChI=1S/C40H53N5O4/c1-43-25-11-17-35(43)22-24-42-39(47)36(26-30-12-6-4-7-13-30)45(3)40(48)37(44(2)38(46)29-49-28-34-16-10-23-41-34)27-31-18-20-33(21-19-31)32-14-8-5-9-15-32/h4-9,12-15,18-21,34-37,41H,10-11,16-17,22-29H2,1-3H3,(H,42,47)/t34-,35?,36+,37+/m0/s1. The number of likely N-dealkylation sites (N-methyl/N-ethyl adjacent to an activating group) is 2. The lowest BCUT2D eigenvalue weighted by molar-refractivity contribution is -0.149. The summed E-state index contributed by atoms with van der Waals surface area (Å²) < 4.78 is 5.82. The predicted octanol–water partition coefficient (Wildman–Crippen LogP) is 4.16. The zero-order chi connectivity index (χ0) is 34.6. The van der Waals surface area contributed by atoms with Crippen LogP contribution in [0.3, 0.4) is 0 Å². The van der Waals surface area contributed by atoms with Crippen LogP contribution in [0.5, 0.6) is 0 Å². The van der Waals surface area contributed by atoms with E-state index in [9.17, 15) is 14.4 Å². The lowest BCUT2D eigenvalue weighted by Gasteiger charge is -2.35. The Morgan fingerprint density at radius 2 is 1.49 bits per heavy atom. The van der Waals surface area contributed by atoms with Crippen LogP contribution in [0, 0.1) is 0 Å². The molecule has 0 spiro atoms. The number of rotatable bonds is 16. The van der Waals surface area contributed by atoms with Crippen molar-refractivity contribution in [3.8, 4) is 11.1 Å². The van der Waals surface area contributed by atoms with Crippen molar-refractivity contribution in [2.75, 3.05) is 54.0 Å². The van der Waals surface area contributed by atoms with Gasteiger partial charge in [-0.15, -0.1) is 0 Å². The molecule has 2 aliphatic heterocycles. The van der Waals surface area contributed by atoms with Gasteiger partial charge in [0.05, 0.1) is 6.61 Å². The van der Waals surface area contributed by atoms with E-state index in [-0.39, 0.29) is 30.4 Å². The van der Waals surface area contributed by atoms with Gasteiger partial charge in [0.2, 0.25) is 17.7 Å². The third kappa shape index (κ3) is 10.2. The number of ether oxygens (including phenoxy) is 1. The molecule has 3 amide bonds. The van der Waals surface area contributed by atoms with Gasteiger partial charge in [-0.2, -0.15) is 0 Å². The van der Waals surface area contributed by atoms with Gasteiger partial charge in [0.15, 0.2) is 0 Å². The van der Waals surface area contributed by atoms with Crippen molar-refractivity contribution >= 4 is 17.7 Å². The van der Waals surface area contributed by atoms with Crippen molar-refractivity contribution in [2.45, 2.75) is 69.1 Å². The van der Waals surface area contributed by atoms with Crippen molar-refractivity contribution in [1.29, 1.82) is 0 Å². The van der Waals surface area contributed by atoms with Crippen LogP contribution in [0.25, 0.3) is 11.1 Å². The van der Waals surface area contributed by atoms with Crippen LogP contribution in [-0.4, -0.2) is 111 Å². The SMILES string of the molecule is CN1CCCC1CCNC(=O)[C@@H](Cc1ccccc1)N(C)C(=O)[C@@H](Cc1ccc(-c2ccccc2)cc1)N(C)C(=O)COC[C@@H]1CCCN1. The number of hydrogen-bond acceptors (Lipinski definition) is 6. The zero-order valence-electron chi connectivity index (χ0n) is 29.4. The molecule has 2 fully saturated rings. The Hall–Kier alpha value is -4.05. The average Bonchev–Trinajstić information content (AvgIpc) is 3.81. The second kappa shape index (κ2) is 18.1. The molecule has 0 radical (unpaired) electrons. The van der Waals surface area contributed by atoms with Crippen LogP contribution < -0.4 is 10.6 Å². The van der Waals surface area contributed by atoms with E-state index in [1.54, 1.807) is 19.0 Å². The topological polar surface area (TPSA) is 94.2 Å². The van der Waals surface area contributed by atoms with Crippen molar-refractivity contribution < 1.29 is 19.1 Å². The Morgan fingerprint density at radius 1 is 0.837 bits per heavy atom. The van der Waals surface area contributed by atoms with Gasteiger partial charge in [-0.25, -0.2) is 0 Å². The highest BCUT2D eigenvalue weighted by molar-refractivity contribution is 5.92. The molecule has 2 saturated heterocycles. The monoisotopic (exact) mass is 667 g/mol. The number of benzene rings is 3. The van der Waals surface area contributed by atoms with Crippen LogP contribution in [0.15, 0.2) is 84.9 Å². The molecule has 9 nitrogen and oxygen atoms in total. The molecule has 9 heteroatoms. The summed E-state index contributed by atoms with van der Waals surface area (Å²) in [6, 6.07) is 27.2. The van der Waals surface area contributed by atoms with Gasteiger partial charge in [0, 0.05) is 45.6 Å². The minimum atomic E-state index is -0.827. The van der Waals surface area contributed by atoms with Crippen LogP contribution in [-0.2, 0) is 32.0 Å². The van der Waals surface area contributed by atoms with E-state index in [4.69, 9.17) is 4.74 Å². The number of nitrogens with one attached hydrogen (secondary N) is 2. The van der Waals surface area contributed by atoms with Crippen LogP contribution in [0.1, 0.15) is 43.2 Å². The Labute approximate surface area is 292 Å². The van der Waals surface area contributed by atoms with Gasteiger partial charge in [-0.1, -0.05) is 84.9 Å². The third-order valence-corrected chi connectivity index (χ3v) is 10.2. The summed E-state index contributed by atoms with van der Waals surface area (Å²) in [5, 5.41) is 6.53. The fourth-order valence-electron chi connectivity index (χ4n) is 7.00. The summed E-state index contributed by atoms with van der Waals surface area (Å²) in [6.07, 6.45) is 5.97. The molecular weight excluding hydrogens is 614 g/mol. The number of carbonyl (C=O) groups is 3. The van der Waals surface area contributed by atoms with Crippen LogP contribution in [0.2, 0.25) is 0 Å². The second-order valence-corrected chi connectivity index (χ2v) is 13.6. The lowest BCUT2D eigenvalue weighted by Crippen LogP contribution is -2.56. The first-order valence-electron chi connectivity index (χ1n) is 17.8. The smallest absolute Gasteiger partial charge is 0.249 e. The van der Waals surface area contributed by atoms with Crippen molar-refractivity contribution in [3.05, 3.63) is 96.1 Å². The van der Waals surface area contributed by atoms with Crippen molar-refractivity contribution in [1.82, 2.24) is 25.3 Å². The zero-order valence-corrected chi connectivity index (χ0v) is 29.4. The molecule has 4 atom stereocenters. The van der Waals surface area contributed by atoms with E-state index in [0.717, 1.165) is 61.0 Å². The number of nitrogens with zero attached hydrogens (tertiary/aromatic N) is 3. The van der Waals surface area contributed by atoms with E-state index in [2.05, 4.69) is 34.7 Å². The summed E-state index contributed by atoms with van der Waals surface area (Å²) in [7, 11) is 5.49. The molecule has 49 heavy (non-hydrogen) atoms. The number of carbonyl (C=O) groups excluding carboxylic acids is 3. The highest BCUT2D eigenvalue weighted by Gasteiger charge is 2.35. The van der Waals surface area contributed by atoms with Crippen molar-refractivity contribution in [3.63, 3.8) is 0 Å². The molecule has 262 valence electrons. The largest absolute Gasteiger partial charge is 0.370 e. The number of amides is 3. The van der Waals surface area contributed by atoms with E-state index in [1.165, 1.54) is 11.3 Å². The van der Waals surface area contributed by atoms with E-state index in [1.807, 2.05) is 72.8 Å². The minimum Gasteiger partial charge on any atom is -0.370 e. The number of likely N-dealkylation sites (tertiary alicyclic amines) is 1. The van der Waals surface area contributed by atoms with E-state index < -0.39 is 12.1 Å². The molecule has 2 aliphatic rings. The summed E-state index contributed by atoms with van der Waals surface area (Å²) in [4.78, 5) is 47.3. The molecule has 2 heterocycles. The first-order valence-corrected chi connectivity index (χ1v) is 17.8. The maximum absolute atomic E-state index is 14.5. The van der Waals surface area contributed by atoms with Gasteiger partial charge in [0.1, 0.15) is 18.7 Å². The third-order valence-electron chi connectivity index (χ3n) is 10.2. The molecule has 0 aliphatic carbocycles. The van der Waals surface area contributed by atoms with E-state index >= 15 is 0 Å². The van der Waals surface area contributed by atoms with E-state index in [0.29, 0.717) is 32.0 Å². The Balaban J connectivity index is 1.33. The lowest BCUT2D eigenvalue weighted by atomic mass is 9.98. The normalized spacial score (nSPS) is 18.9. The van der Waals surface area contributed by atoms with Crippen LogP contribution in [0.4, 0.5) is 0 Å². The fraction of sp³-hybridized carbons (Fsp3) is 0.475. The summed E-state index contributed by atoms with van der Waals surface area (Å²) >= 11 is 0.